The Morgan fingerprint density at radius 1 is 0.938 bits per heavy atom. The normalized spacial score (nSPS) is 18.3. The molecule has 3 heterocycles. The van der Waals surface area contributed by atoms with Crippen LogP contribution in [-0.2, 0) is 0 Å². The molecule has 0 bridgehead atoms. The maximum Gasteiger partial charge on any atom is 0.233 e. The lowest BCUT2D eigenvalue weighted by molar-refractivity contribution is 0.186. The fraction of sp³-hybridized carbons (Fsp3) is 0.304. The third-order valence-corrected chi connectivity index (χ3v) is 5.75. The summed E-state index contributed by atoms with van der Waals surface area (Å²) in [4.78, 5) is 20.3. The van der Waals surface area contributed by atoms with E-state index in [0.717, 1.165) is 34.3 Å². The quantitative estimate of drug-likeness (QED) is 0.493. The van der Waals surface area contributed by atoms with Crippen LogP contribution in [0.5, 0.6) is 17.4 Å². The summed E-state index contributed by atoms with van der Waals surface area (Å²) in [6.07, 6.45) is 3.12. The first-order valence-electron chi connectivity index (χ1n) is 10.4. The van der Waals surface area contributed by atoms with Crippen LogP contribution >= 0.6 is 0 Å². The Morgan fingerprint density at radius 2 is 1.72 bits per heavy atom. The van der Waals surface area contributed by atoms with Crippen molar-refractivity contribution in [2.24, 2.45) is 0 Å². The van der Waals surface area contributed by atoms with Crippen LogP contribution in [0.1, 0.15) is 0 Å². The van der Waals surface area contributed by atoms with Gasteiger partial charge < -0.3 is 24.4 Å². The van der Waals surface area contributed by atoms with Gasteiger partial charge in [-0.2, -0.15) is 0 Å². The van der Waals surface area contributed by atoms with Crippen molar-refractivity contribution >= 4 is 27.8 Å². The van der Waals surface area contributed by atoms with Gasteiger partial charge in [0.15, 0.2) is 11.5 Å². The Kier molecular flexibility index (Phi) is 5.32. The molecule has 0 amide bonds. The Morgan fingerprint density at radius 3 is 2.50 bits per heavy atom. The first-order valence-corrected chi connectivity index (χ1v) is 10.4. The van der Waals surface area contributed by atoms with E-state index in [1.807, 2.05) is 43.4 Å². The van der Waals surface area contributed by atoms with Gasteiger partial charge >= 0.3 is 0 Å². The van der Waals surface area contributed by atoms with Crippen LogP contribution in [0, 0.1) is 0 Å². The van der Waals surface area contributed by atoms with E-state index in [0.29, 0.717) is 23.9 Å². The third-order valence-electron chi connectivity index (χ3n) is 5.75. The maximum atomic E-state index is 6.27. The van der Waals surface area contributed by atoms with Crippen LogP contribution in [-0.4, -0.2) is 66.4 Å². The first-order chi connectivity index (χ1) is 15.7. The van der Waals surface area contributed by atoms with Crippen molar-refractivity contribution < 1.29 is 14.2 Å². The summed E-state index contributed by atoms with van der Waals surface area (Å²) in [5.74, 6) is 2.61. The molecule has 0 radical (unpaired) electrons. The number of hydrogen-bond acceptors (Lipinski definition) is 9. The number of fused-ring (bicyclic) bond motifs is 2. The number of nitrogens with one attached hydrogen (secondary N) is 1. The van der Waals surface area contributed by atoms with E-state index in [1.54, 1.807) is 26.7 Å². The molecule has 1 saturated heterocycles. The molecule has 32 heavy (non-hydrogen) atoms. The van der Waals surface area contributed by atoms with Gasteiger partial charge in [0.1, 0.15) is 18.2 Å². The van der Waals surface area contributed by atoms with Crippen LogP contribution in [0.3, 0.4) is 0 Å². The lowest BCUT2D eigenvalue weighted by atomic mass is 10.2. The van der Waals surface area contributed by atoms with Gasteiger partial charge in [0.05, 0.1) is 49.6 Å². The molecule has 2 aromatic heterocycles. The molecule has 0 spiro atoms. The lowest BCUT2D eigenvalue weighted by Crippen LogP contribution is -2.40. The number of methoxy groups -OCH3 is 2. The molecular weight excluding hydrogens is 408 g/mol. The van der Waals surface area contributed by atoms with Crippen molar-refractivity contribution in [3.8, 4) is 17.4 Å². The van der Waals surface area contributed by atoms with Gasteiger partial charge in [-0.3, -0.25) is 0 Å². The molecule has 2 atom stereocenters. The first kappa shape index (κ1) is 20.2. The minimum absolute atomic E-state index is 0.0911. The van der Waals surface area contributed by atoms with E-state index >= 15 is 0 Å². The smallest absolute Gasteiger partial charge is 0.233 e. The summed E-state index contributed by atoms with van der Waals surface area (Å²) in [6.45, 7) is 1.36. The zero-order valence-electron chi connectivity index (χ0n) is 18.1. The Bertz CT molecular complexity index is 1270. The number of para-hydroxylation sites is 2. The fourth-order valence-corrected chi connectivity index (χ4v) is 4.12. The number of aromatic nitrogens is 4. The average molecular weight is 432 g/mol. The summed E-state index contributed by atoms with van der Waals surface area (Å²) >= 11 is 0. The molecule has 0 saturated carbocycles. The minimum Gasteiger partial charge on any atom is -0.493 e. The largest absolute Gasteiger partial charge is 0.493 e. The van der Waals surface area contributed by atoms with Gasteiger partial charge in [0.2, 0.25) is 5.88 Å². The van der Waals surface area contributed by atoms with Crippen molar-refractivity contribution in [2.45, 2.75) is 12.1 Å². The van der Waals surface area contributed by atoms with Gasteiger partial charge in [-0.05, 0) is 25.2 Å². The van der Waals surface area contributed by atoms with E-state index in [1.165, 1.54) is 0 Å². The molecule has 1 fully saturated rings. The molecule has 0 aliphatic carbocycles. The highest BCUT2D eigenvalue weighted by Gasteiger charge is 2.35. The van der Waals surface area contributed by atoms with Gasteiger partial charge in [0, 0.05) is 18.0 Å². The van der Waals surface area contributed by atoms with Crippen LogP contribution in [0.4, 0.5) is 5.82 Å². The predicted octanol–water partition coefficient (Wildman–Crippen LogP) is 2.45. The highest BCUT2D eigenvalue weighted by molar-refractivity contribution is 5.92. The van der Waals surface area contributed by atoms with Gasteiger partial charge in [-0.25, -0.2) is 19.9 Å². The molecule has 1 aliphatic heterocycles. The standard InChI is InChI=1S/C23H24N6O3/c1-24-18-11-29(12-21(18)32-22-10-25-15-6-4-5-7-16(15)28-22)23-14-8-19(30-2)20(31-3)9-17(14)26-13-27-23/h4-10,13,18,21,24H,11-12H2,1-3H3. The van der Waals surface area contributed by atoms with E-state index in [-0.39, 0.29) is 12.1 Å². The number of nitrogens with zero attached hydrogens (tertiary/aromatic N) is 5. The van der Waals surface area contributed by atoms with Crippen LogP contribution in [0.25, 0.3) is 21.9 Å². The van der Waals surface area contributed by atoms with Crippen LogP contribution < -0.4 is 24.4 Å². The Hall–Kier alpha value is -3.72. The molecule has 5 rings (SSSR count). The van der Waals surface area contributed by atoms with Crippen LogP contribution in [0.15, 0.2) is 48.9 Å². The monoisotopic (exact) mass is 432 g/mol. The lowest BCUT2D eigenvalue weighted by Gasteiger charge is -2.19. The number of ether oxygens (including phenoxy) is 3. The SMILES string of the molecule is CNC1CN(c2ncnc3cc(OC)c(OC)cc23)CC1Oc1cnc2ccccc2n1. The summed E-state index contributed by atoms with van der Waals surface area (Å²) in [5.41, 5.74) is 2.44. The van der Waals surface area contributed by atoms with Crippen LogP contribution in [0.2, 0.25) is 0 Å². The second kappa shape index (κ2) is 8.43. The predicted molar refractivity (Wildman–Crippen MR) is 122 cm³/mol. The zero-order valence-corrected chi connectivity index (χ0v) is 18.1. The molecular formula is C23H24N6O3. The summed E-state index contributed by atoms with van der Waals surface area (Å²) < 4.78 is 17.2. The molecule has 9 heteroatoms. The van der Waals surface area contributed by atoms with Crippen molar-refractivity contribution in [1.82, 2.24) is 25.3 Å². The average Bonchev–Trinajstić information content (AvgIpc) is 3.25. The van der Waals surface area contributed by atoms with E-state index < -0.39 is 0 Å². The van der Waals surface area contributed by atoms with Crippen molar-refractivity contribution in [3.05, 3.63) is 48.9 Å². The van der Waals surface area contributed by atoms with Gasteiger partial charge in [-0.15, -0.1) is 0 Å². The van der Waals surface area contributed by atoms with E-state index in [4.69, 9.17) is 14.2 Å². The highest BCUT2D eigenvalue weighted by Crippen LogP contribution is 2.35. The molecule has 1 aliphatic rings. The second-order valence-corrected chi connectivity index (χ2v) is 7.58. The summed E-state index contributed by atoms with van der Waals surface area (Å²) in [5, 5.41) is 4.25. The highest BCUT2D eigenvalue weighted by atomic mass is 16.5. The van der Waals surface area contributed by atoms with Gasteiger partial charge in [-0.1, -0.05) is 12.1 Å². The summed E-state index contributed by atoms with van der Waals surface area (Å²) in [6, 6.07) is 11.6. The number of rotatable bonds is 6. The van der Waals surface area contributed by atoms with Crippen molar-refractivity contribution in [2.75, 3.05) is 39.3 Å². The van der Waals surface area contributed by atoms with Gasteiger partial charge in [0.25, 0.3) is 0 Å². The molecule has 4 aromatic rings. The number of anilines is 1. The molecule has 1 N–H and O–H groups in total. The second-order valence-electron chi connectivity index (χ2n) is 7.58. The van der Waals surface area contributed by atoms with Crippen molar-refractivity contribution in [3.63, 3.8) is 0 Å². The minimum atomic E-state index is -0.124. The number of likely N-dealkylation sites (N-methyl/N-ethyl adjacent to an activating group) is 1. The zero-order chi connectivity index (χ0) is 22.1. The number of hydrogen-bond donors (Lipinski definition) is 1. The molecule has 2 aromatic carbocycles. The van der Waals surface area contributed by atoms with Crippen molar-refractivity contribution in [1.29, 1.82) is 0 Å². The van der Waals surface area contributed by atoms with E-state index in [9.17, 15) is 0 Å². The molecule has 2 unspecified atom stereocenters. The summed E-state index contributed by atoms with van der Waals surface area (Å²) in [7, 11) is 5.17. The Labute approximate surface area is 185 Å². The number of benzene rings is 2. The van der Waals surface area contributed by atoms with E-state index in [2.05, 4.69) is 30.2 Å². The fourth-order valence-electron chi connectivity index (χ4n) is 4.12. The molecule has 164 valence electrons. The third kappa shape index (κ3) is 3.60. The topological polar surface area (TPSA) is 94.5 Å². The maximum absolute atomic E-state index is 6.27. The molecule has 9 nitrogen and oxygen atoms in total. The Balaban J connectivity index is 1.44.